The predicted octanol–water partition coefficient (Wildman–Crippen LogP) is 2.48. The van der Waals surface area contributed by atoms with Crippen LogP contribution in [0, 0.1) is 5.82 Å². The second-order valence-corrected chi connectivity index (χ2v) is 5.02. The van der Waals surface area contributed by atoms with Crippen LogP contribution in [0.25, 0.3) is 11.0 Å². The molecule has 3 heterocycles. The summed E-state index contributed by atoms with van der Waals surface area (Å²) < 4.78 is 15.0. The standard InChI is InChI=1S/C15H12FN7/c16-12-3-1-2-10(4-12)9-23-14-11(6-20-23)5-17-15(22-14)21-13-7-18-19-8-13/h1-8H,9H2,(H,18,19)(H,17,21,22). The average Bonchev–Trinajstić information content (AvgIpc) is 3.18. The van der Waals surface area contributed by atoms with Gasteiger partial charge in [0.25, 0.3) is 0 Å². The fraction of sp³-hybridized carbons (Fsp3) is 0.0667. The van der Waals surface area contributed by atoms with Crippen LogP contribution in [-0.2, 0) is 6.54 Å². The highest BCUT2D eigenvalue weighted by Crippen LogP contribution is 2.16. The number of H-pyrrole nitrogens is 1. The van der Waals surface area contributed by atoms with Crippen LogP contribution in [0.4, 0.5) is 16.0 Å². The van der Waals surface area contributed by atoms with Crippen molar-refractivity contribution >= 4 is 22.7 Å². The quantitative estimate of drug-likeness (QED) is 0.605. The number of aromatic nitrogens is 6. The molecule has 2 N–H and O–H groups in total. The molecule has 4 rings (SSSR count). The minimum Gasteiger partial charge on any atom is -0.321 e. The van der Waals surface area contributed by atoms with E-state index in [1.54, 1.807) is 35.5 Å². The van der Waals surface area contributed by atoms with Crippen LogP contribution in [0.15, 0.2) is 49.1 Å². The summed E-state index contributed by atoms with van der Waals surface area (Å²) in [5.74, 6) is 0.177. The van der Waals surface area contributed by atoms with Crippen LogP contribution in [0.3, 0.4) is 0 Å². The highest BCUT2D eigenvalue weighted by Gasteiger charge is 2.08. The van der Waals surface area contributed by atoms with Crippen LogP contribution in [0.1, 0.15) is 5.56 Å². The Labute approximate surface area is 130 Å². The van der Waals surface area contributed by atoms with E-state index in [1.807, 2.05) is 6.07 Å². The number of rotatable bonds is 4. The lowest BCUT2D eigenvalue weighted by Gasteiger charge is -2.05. The summed E-state index contributed by atoms with van der Waals surface area (Å²) in [6.45, 7) is 0.434. The molecule has 4 aromatic rings. The first-order chi connectivity index (χ1) is 11.3. The summed E-state index contributed by atoms with van der Waals surface area (Å²) >= 11 is 0. The van der Waals surface area contributed by atoms with Crippen molar-refractivity contribution in [3.05, 3.63) is 60.4 Å². The lowest BCUT2D eigenvalue weighted by molar-refractivity contribution is 0.620. The van der Waals surface area contributed by atoms with Gasteiger partial charge in [-0.3, -0.25) is 5.10 Å². The summed E-state index contributed by atoms with van der Waals surface area (Å²) in [5, 5.41) is 14.7. The molecule has 0 atom stereocenters. The zero-order valence-corrected chi connectivity index (χ0v) is 11.9. The van der Waals surface area contributed by atoms with E-state index in [1.165, 1.54) is 12.1 Å². The SMILES string of the molecule is Fc1cccc(Cn2ncc3cnc(Nc4cn[nH]c4)nc32)c1. The number of hydrogen-bond acceptors (Lipinski definition) is 5. The average molecular weight is 309 g/mol. The number of benzene rings is 1. The predicted molar refractivity (Wildman–Crippen MR) is 82.7 cm³/mol. The molecule has 0 saturated heterocycles. The monoisotopic (exact) mass is 309 g/mol. The summed E-state index contributed by atoms with van der Waals surface area (Å²) in [5.41, 5.74) is 2.26. The van der Waals surface area contributed by atoms with Crippen LogP contribution in [0.2, 0.25) is 0 Å². The molecule has 0 unspecified atom stereocenters. The number of fused-ring (bicyclic) bond motifs is 1. The Kier molecular flexibility index (Phi) is 3.19. The van der Waals surface area contributed by atoms with Crippen LogP contribution in [-0.4, -0.2) is 29.9 Å². The molecular weight excluding hydrogens is 297 g/mol. The third-order valence-electron chi connectivity index (χ3n) is 3.35. The van der Waals surface area contributed by atoms with Gasteiger partial charge in [0, 0.05) is 12.4 Å². The summed E-state index contributed by atoms with van der Waals surface area (Å²) in [6.07, 6.45) is 6.73. The highest BCUT2D eigenvalue weighted by atomic mass is 19.1. The Morgan fingerprint density at radius 1 is 1.22 bits per heavy atom. The van der Waals surface area contributed by atoms with Crippen LogP contribution >= 0.6 is 0 Å². The van der Waals surface area contributed by atoms with Crippen molar-refractivity contribution in [2.75, 3.05) is 5.32 Å². The van der Waals surface area contributed by atoms with Crippen molar-refractivity contribution in [1.29, 1.82) is 0 Å². The van der Waals surface area contributed by atoms with Gasteiger partial charge in [0.15, 0.2) is 5.65 Å². The summed E-state index contributed by atoms with van der Waals surface area (Å²) in [6, 6.07) is 6.43. The fourth-order valence-electron chi connectivity index (χ4n) is 2.30. The van der Waals surface area contributed by atoms with Crippen molar-refractivity contribution in [3.63, 3.8) is 0 Å². The molecule has 0 saturated carbocycles. The van der Waals surface area contributed by atoms with E-state index in [-0.39, 0.29) is 5.82 Å². The summed E-state index contributed by atoms with van der Waals surface area (Å²) in [7, 11) is 0. The van der Waals surface area contributed by atoms with Crippen LogP contribution < -0.4 is 5.32 Å². The molecule has 0 radical (unpaired) electrons. The van der Waals surface area contributed by atoms with Gasteiger partial charge in [-0.1, -0.05) is 12.1 Å². The molecular formula is C15H12FN7. The minimum absolute atomic E-state index is 0.268. The largest absolute Gasteiger partial charge is 0.321 e. The molecule has 1 aromatic carbocycles. The Hall–Kier alpha value is -3.29. The van der Waals surface area contributed by atoms with Gasteiger partial charge >= 0.3 is 0 Å². The molecule has 114 valence electrons. The molecule has 0 aliphatic carbocycles. The second kappa shape index (κ2) is 5.48. The van der Waals surface area contributed by atoms with E-state index in [4.69, 9.17) is 0 Å². The van der Waals surface area contributed by atoms with E-state index in [2.05, 4.69) is 30.6 Å². The van der Waals surface area contributed by atoms with Gasteiger partial charge in [-0.05, 0) is 17.7 Å². The van der Waals surface area contributed by atoms with Crippen molar-refractivity contribution in [2.24, 2.45) is 0 Å². The Morgan fingerprint density at radius 3 is 3.00 bits per heavy atom. The molecule has 0 aliphatic heterocycles. The van der Waals surface area contributed by atoms with Gasteiger partial charge in [0.2, 0.25) is 5.95 Å². The lowest BCUT2D eigenvalue weighted by atomic mass is 10.2. The minimum atomic E-state index is -0.268. The van der Waals surface area contributed by atoms with Crippen molar-refractivity contribution in [3.8, 4) is 0 Å². The van der Waals surface area contributed by atoms with Crippen molar-refractivity contribution in [1.82, 2.24) is 29.9 Å². The van der Waals surface area contributed by atoms with E-state index in [9.17, 15) is 4.39 Å². The summed E-state index contributed by atoms with van der Waals surface area (Å²) in [4.78, 5) is 8.71. The third-order valence-corrected chi connectivity index (χ3v) is 3.35. The maximum atomic E-state index is 13.3. The second-order valence-electron chi connectivity index (χ2n) is 5.02. The molecule has 0 amide bonds. The first-order valence-corrected chi connectivity index (χ1v) is 6.97. The maximum absolute atomic E-state index is 13.3. The molecule has 7 nitrogen and oxygen atoms in total. The Morgan fingerprint density at radius 2 is 2.17 bits per heavy atom. The number of aromatic amines is 1. The molecule has 8 heteroatoms. The van der Waals surface area contributed by atoms with Gasteiger partial charge in [-0.2, -0.15) is 15.2 Å². The third kappa shape index (κ3) is 2.73. The Bertz CT molecular complexity index is 946. The number of anilines is 2. The van der Waals surface area contributed by atoms with Crippen LogP contribution in [0.5, 0.6) is 0 Å². The van der Waals surface area contributed by atoms with Crippen molar-refractivity contribution < 1.29 is 4.39 Å². The molecule has 0 spiro atoms. The van der Waals surface area contributed by atoms with E-state index in [0.29, 0.717) is 18.1 Å². The molecule has 0 bridgehead atoms. The smallest absolute Gasteiger partial charge is 0.229 e. The van der Waals surface area contributed by atoms with Gasteiger partial charge in [0.05, 0.1) is 30.0 Å². The fourth-order valence-corrected chi connectivity index (χ4v) is 2.30. The number of nitrogens with zero attached hydrogens (tertiary/aromatic N) is 5. The maximum Gasteiger partial charge on any atom is 0.229 e. The highest BCUT2D eigenvalue weighted by molar-refractivity contribution is 5.75. The zero-order valence-electron chi connectivity index (χ0n) is 11.9. The Balaban J connectivity index is 1.67. The lowest BCUT2D eigenvalue weighted by Crippen LogP contribution is -2.04. The van der Waals surface area contributed by atoms with E-state index < -0.39 is 0 Å². The number of nitrogens with one attached hydrogen (secondary N) is 2. The first kappa shape index (κ1) is 13.4. The van der Waals surface area contributed by atoms with Gasteiger partial charge < -0.3 is 5.32 Å². The molecule has 3 aromatic heterocycles. The molecule has 0 fully saturated rings. The van der Waals surface area contributed by atoms with E-state index in [0.717, 1.165) is 16.6 Å². The van der Waals surface area contributed by atoms with Gasteiger partial charge in [-0.15, -0.1) is 0 Å². The first-order valence-electron chi connectivity index (χ1n) is 6.97. The zero-order chi connectivity index (χ0) is 15.6. The van der Waals surface area contributed by atoms with Gasteiger partial charge in [-0.25, -0.2) is 14.1 Å². The normalized spacial score (nSPS) is 11.0. The van der Waals surface area contributed by atoms with E-state index >= 15 is 0 Å². The van der Waals surface area contributed by atoms with Gasteiger partial charge in [0.1, 0.15) is 5.82 Å². The molecule has 0 aliphatic rings. The van der Waals surface area contributed by atoms with Crippen molar-refractivity contribution in [2.45, 2.75) is 6.54 Å². The molecule has 23 heavy (non-hydrogen) atoms. The number of hydrogen-bond donors (Lipinski definition) is 2. The topological polar surface area (TPSA) is 84.3 Å². The number of halogens is 1.